The molecule has 0 radical (unpaired) electrons. The Labute approximate surface area is 239 Å². The Hall–Kier alpha value is -3.86. The zero-order chi connectivity index (χ0) is 29.2. The normalized spacial score (nSPS) is 15.4. The number of aromatic nitrogens is 2. The number of alkyl halides is 2. The fourth-order valence-corrected chi connectivity index (χ4v) is 4.84. The summed E-state index contributed by atoms with van der Waals surface area (Å²) in [6, 6.07) is 13.3. The van der Waals surface area contributed by atoms with E-state index in [1.165, 1.54) is 16.7 Å². The van der Waals surface area contributed by atoms with Gasteiger partial charge in [0.05, 0.1) is 24.2 Å². The van der Waals surface area contributed by atoms with Crippen molar-refractivity contribution in [1.29, 1.82) is 0 Å². The molecule has 4 rings (SSSR count). The molecule has 8 nitrogen and oxygen atoms in total. The number of nitrogens with one attached hydrogen (secondary N) is 2. The standard InChI is InChI=1S/C30H38F3N7O/c1-4-8-23(13-14-34-25-10-7-9-24(31)19-25)20-35-30(36-21(2)39-15-17-41-18-16-39)37-22(3)40-27-12-6-5-11-26(27)38-29(40)28(32)33/h5-7,9-12,19,23,28,34H,3-4,8,13-18,20H2,1-2H3,(H,35,37)/b36-21+. The first kappa shape index (κ1) is 30.1. The predicted molar refractivity (Wildman–Crippen MR) is 159 cm³/mol. The summed E-state index contributed by atoms with van der Waals surface area (Å²) in [5.74, 6) is 0.772. The van der Waals surface area contributed by atoms with Gasteiger partial charge in [-0.1, -0.05) is 38.1 Å². The monoisotopic (exact) mass is 569 g/mol. The van der Waals surface area contributed by atoms with E-state index in [2.05, 4.69) is 34.0 Å². The fourth-order valence-electron chi connectivity index (χ4n) is 4.84. The van der Waals surface area contributed by atoms with Gasteiger partial charge < -0.3 is 20.3 Å². The maximum Gasteiger partial charge on any atom is 0.296 e. The molecule has 1 fully saturated rings. The lowest BCUT2D eigenvalue weighted by atomic mass is 10.00. The smallest absolute Gasteiger partial charge is 0.296 e. The maximum atomic E-state index is 14.0. The van der Waals surface area contributed by atoms with Crippen LogP contribution in [0.3, 0.4) is 0 Å². The molecular formula is C30H38F3N7O. The summed E-state index contributed by atoms with van der Waals surface area (Å²) < 4.78 is 48.3. The number of nitrogens with zero attached hydrogens (tertiary/aromatic N) is 5. The summed E-state index contributed by atoms with van der Waals surface area (Å²) in [7, 11) is 0. The van der Waals surface area contributed by atoms with Crippen LogP contribution in [0.4, 0.5) is 18.9 Å². The van der Waals surface area contributed by atoms with E-state index < -0.39 is 12.2 Å². The average molecular weight is 570 g/mol. The number of amidine groups is 1. The van der Waals surface area contributed by atoms with Gasteiger partial charge >= 0.3 is 0 Å². The molecule has 0 amide bonds. The minimum absolute atomic E-state index is 0.186. The number of anilines is 1. The van der Waals surface area contributed by atoms with Crippen LogP contribution in [0.2, 0.25) is 0 Å². The van der Waals surface area contributed by atoms with Crippen LogP contribution in [-0.2, 0) is 4.74 Å². The zero-order valence-electron chi connectivity index (χ0n) is 23.6. The van der Waals surface area contributed by atoms with Gasteiger partial charge in [-0.3, -0.25) is 9.56 Å². The van der Waals surface area contributed by atoms with E-state index in [1.807, 2.05) is 13.0 Å². The van der Waals surface area contributed by atoms with Crippen molar-refractivity contribution in [1.82, 2.24) is 19.8 Å². The van der Waals surface area contributed by atoms with Gasteiger partial charge in [0.25, 0.3) is 6.43 Å². The number of morpholine rings is 1. The summed E-state index contributed by atoms with van der Waals surface area (Å²) >= 11 is 0. The molecule has 1 atom stereocenters. The van der Waals surface area contributed by atoms with Crippen molar-refractivity contribution in [2.75, 3.05) is 44.7 Å². The van der Waals surface area contributed by atoms with Crippen molar-refractivity contribution >= 4 is 34.3 Å². The third kappa shape index (κ3) is 8.32. The van der Waals surface area contributed by atoms with E-state index in [-0.39, 0.29) is 23.5 Å². The summed E-state index contributed by atoms with van der Waals surface area (Å²) in [6.45, 7) is 11.8. The molecule has 0 bridgehead atoms. The highest BCUT2D eigenvalue weighted by molar-refractivity contribution is 5.97. The third-order valence-corrected chi connectivity index (χ3v) is 6.95. The molecule has 11 heteroatoms. The summed E-state index contributed by atoms with van der Waals surface area (Å²) in [4.78, 5) is 15.8. The van der Waals surface area contributed by atoms with Crippen molar-refractivity contribution in [3.05, 3.63) is 66.8 Å². The molecular weight excluding hydrogens is 531 g/mol. The lowest BCUT2D eigenvalue weighted by Crippen LogP contribution is -2.40. The van der Waals surface area contributed by atoms with E-state index in [9.17, 15) is 13.2 Å². The van der Waals surface area contributed by atoms with Gasteiger partial charge in [0.2, 0.25) is 5.96 Å². The predicted octanol–water partition coefficient (Wildman–Crippen LogP) is 6.16. The van der Waals surface area contributed by atoms with Gasteiger partial charge in [0.15, 0.2) is 5.82 Å². The van der Waals surface area contributed by atoms with Crippen LogP contribution >= 0.6 is 0 Å². The number of imidazole rings is 1. The minimum atomic E-state index is -2.79. The molecule has 1 aliphatic heterocycles. The quantitative estimate of drug-likeness (QED) is 0.214. The number of hydrogen-bond acceptors (Lipinski definition) is 4. The molecule has 1 aromatic heterocycles. The maximum absolute atomic E-state index is 14.0. The summed E-state index contributed by atoms with van der Waals surface area (Å²) in [6.07, 6.45) is -0.0592. The molecule has 2 N–H and O–H groups in total. The van der Waals surface area contributed by atoms with Crippen molar-refractivity contribution in [2.45, 2.75) is 39.5 Å². The second-order valence-electron chi connectivity index (χ2n) is 9.97. The summed E-state index contributed by atoms with van der Waals surface area (Å²) in [5.41, 5.74) is 1.70. The van der Waals surface area contributed by atoms with Crippen molar-refractivity contribution in [3.8, 4) is 0 Å². The van der Waals surface area contributed by atoms with Gasteiger partial charge in [0.1, 0.15) is 17.5 Å². The Kier molecular flexibility index (Phi) is 10.8. The average Bonchev–Trinajstić information content (AvgIpc) is 3.36. The van der Waals surface area contributed by atoms with Crippen LogP contribution in [-0.4, -0.2) is 65.6 Å². The van der Waals surface area contributed by atoms with E-state index in [0.717, 1.165) is 30.8 Å². The molecule has 0 saturated carbocycles. The molecule has 0 aliphatic carbocycles. The molecule has 0 spiro atoms. The number of para-hydroxylation sites is 2. The number of hydrogen-bond donors (Lipinski definition) is 2. The molecule has 2 aromatic carbocycles. The van der Waals surface area contributed by atoms with Gasteiger partial charge in [-0.2, -0.15) is 0 Å². The minimum Gasteiger partial charge on any atom is -0.385 e. The van der Waals surface area contributed by atoms with Gasteiger partial charge in [0, 0.05) is 31.9 Å². The lowest BCUT2D eigenvalue weighted by molar-refractivity contribution is 0.0678. The second kappa shape index (κ2) is 14.7. The first-order valence-corrected chi connectivity index (χ1v) is 14.0. The molecule has 3 aromatic rings. The number of guanidine groups is 1. The number of benzene rings is 2. The van der Waals surface area contributed by atoms with Crippen LogP contribution < -0.4 is 10.6 Å². The molecule has 41 heavy (non-hydrogen) atoms. The number of rotatable bonds is 11. The Morgan fingerprint density at radius 3 is 2.63 bits per heavy atom. The first-order valence-electron chi connectivity index (χ1n) is 14.0. The van der Waals surface area contributed by atoms with Crippen LogP contribution in [0.25, 0.3) is 16.9 Å². The highest BCUT2D eigenvalue weighted by atomic mass is 19.3. The van der Waals surface area contributed by atoms with E-state index in [4.69, 9.17) is 14.7 Å². The van der Waals surface area contributed by atoms with Crippen molar-refractivity contribution in [3.63, 3.8) is 0 Å². The van der Waals surface area contributed by atoms with E-state index in [0.29, 0.717) is 50.4 Å². The first-order chi connectivity index (χ1) is 19.9. The van der Waals surface area contributed by atoms with Crippen LogP contribution in [0.1, 0.15) is 45.4 Å². The number of ether oxygens (including phenoxy) is 1. The Morgan fingerprint density at radius 2 is 1.90 bits per heavy atom. The van der Waals surface area contributed by atoms with Gasteiger partial charge in [-0.15, -0.1) is 0 Å². The van der Waals surface area contributed by atoms with E-state index >= 15 is 0 Å². The molecule has 1 saturated heterocycles. The van der Waals surface area contributed by atoms with Crippen molar-refractivity contribution < 1.29 is 17.9 Å². The highest BCUT2D eigenvalue weighted by Gasteiger charge is 2.21. The zero-order valence-corrected chi connectivity index (χ0v) is 23.6. The lowest BCUT2D eigenvalue weighted by Gasteiger charge is -2.28. The molecule has 220 valence electrons. The van der Waals surface area contributed by atoms with E-state index in [1.54, 1.807) is 30.3 Å². The number of halogens is 3. The van der Waals surface area contributed by atoms with Crippen LogP contribution in [0.5, 0.6) is 0 Å². The largest absolute Gasteiger partial charge is 0.385 e. The highest BCUT2D eigenvalue weighted by Crippen LogP contribution is 2.26. The molecule has 2 heterocycles. The number of aliphatic imine (C=N–C) groups is 2. The van der Waals surface area contributed by atoms with Gasteiger partial charge in [-0.25, -0.2) is 23.1 Å². The SMILES string of the molecule is C=C(NC(=NCC(CCC)CCNc1cccc(F)c1)/N=C(\C)N1CCOCC1)n1c(C(F)F)nc2ccccc21. The molecule has 1 aliphatic rings. The summed E-state index contributed by atoms with van der Waals surface area (Å²) in [5, 5.41) is 6.38. The topological polar surface area (TPSA) is 79.1 Å². The molecule has 1 unspecified atom stereocenters. The van der Waals surface area contributed by atoms with Gasteiger partial charge in [-0.05, 0) is 56.0 Å². The fraction of sp³-hybridized carbons (Fsp3) is 0.433. The van der Waals surface area contributed by atoms with Crippen LogP contribution in [0, 0.1) is 11.7 Å². The Morgan fingerprint density at radius 1 is 1.12 bits per heavy atom. The Bertz CT molecular complexity index is 1370. The number of fused-ring (bicyclic) bond motifs is 1. The van der Waals surface area contributed by atoms with Crippen LogP contribution in [0.15, 0.2) is 65.1 Å². The van der Waals surface area contributed by atoms with Crippen molar-refractivity contribution in [2.24, 2.45) is 15.9 Å². The second-order valence-corrected chi connectivity index (χ2v) is 9.97. The third-order valence-electron chi connectivity index (χ3n) is 6.95. The Balaban J connectivity index is 1.55.